The molecule has 1 heterocycles. The number of benzene rings is 1. The largest absolute Gasteiger partial charge is 0.329 e. The summed E-state index contributed by atoms with van der Waals surface area (Å²) in [7, 11) is -3.54. The van der Waals surface area contributed by atoms with Crippen LogP contribution in [0.3, 0.4) is 0 Å². The Morgan fingerprint density at radius 3 is 2.22 bits per heavy atom. The molecular formula is C17H28ClN2O2S+. The van der Waals surface area contributed by atoms with E-state index in [-0.39, 0.29) is 4.90 Å². The Labute approximate surface area is 145 Å². The van der Waals surface area contributed by atoms with E-state index in [9.17, 15) is 8.42 Å². The van der Waals surface area contributed by atoms with Crippen LogP contribution in [0, 0.1) is 0 Å². The van der Waals surface area contributed by atoms with Gasteiger partial charge in [0.2, 0.25) is 10.0 Å². The molecule has 0 bridgehead atoms. The van der Waals surface area contributed by atoms with Crippen molar-refractivity contribution in [3.8, 4) is 0 Å². The standard InChI is InChI=1S/C17H27ClN2O2S/c1-13-6-5-7-14(2)20(13)12-17(3,4)19-23(21,22)16-10-8-15(18)9-11-16/h8-11,13-14,19H,5-7,12H2,1-4H3/p+1/t13-,14-/m0/s1. The second kappa shape index (κ2) is 7.09. The summed E-state index contributed by atoms with van der Waals surface area (Å²) < 4.78 is 28.1. The Bertz CT molecular complexity index is 618. The van der Waals surface area contributed by atoms with E-state index < -0.39 is 15.6 Å². The van der Waals surface area contributed by atoms with E-state index in [2.05, 4.69) is 18.6 Å². The van der Waals surface area contributed by atoms with Gasteiger partial charge in [0.1, 0.15) is 0 Å². The maximum atomic E-state index is 12.6. The highest BCUT2D eigenvalue weighted by molar-refractivity contribution is 7.89. The van der Waals surface area contributed by atoms with Crippen molar-refractivity contribution >= 4 is 21.6 Å². The summed E-state index contributed by atoms with van der Waals surface area (Å²) in [4.78, 5) is 1.74. The van der Waals surface area contributed by atoms with E-state index in [1.807, 2.05) is 13.8 Å². The molecule has 0 saturated carbocycles. The molecule has 130 valence electrons. The van der Waals surface area contributed by atoms with Crippen molar-refractivity contribution in [1.82, 2.24) is 4.72 Å². The van der Waals surface area contributed by atoms with Crippen LogP contribution in [-0.2, 0) is 10.0 Å². The van der Waals surface area contributed by atoms with Gasteiger partial charge in [-0.3, -0.25) is 0 Å². The van der Waals surface area contributed by atoms with Crippen molar-refractivity contribution in [2.24, 2.45) is 0 Å². The van der Waals surface area contributed by atoms with Crippen molar-refractivity contribution in [3.63, 3.8) is 0 Å². The van der Waals surface area contributed by atoms with Crippen molar-refractivity contribution in [1.29, 1.82) is 0 Å². The molecule has 0 aromatic heterocycles. The van der Waals surface area contributed by atoms with Crippen LogP contribution in [0.4, 0.5) is 0 Å². The van der Waals surface area contributed by atoms with Crippen LogP contribution in [0.5, 0.6) is 0 Å². The summed E-state index contributed by atoms with van der Waals surface area (Å²) in [5, 5.41) is 0.531. The molecule has 2 rings (SSSR count). The Morgan fingerprint density at radius 2 is 1.70 bits per heavy atom. The van der Waals surface area contributed by atoms with Gasteiger partial charge in [0.05, 0.1) is 29.1 Å². The number of quaternary nitrogens is 1. The van der Waals surface area contributed by atoms with Crippen LogP contribution in [0.25, 0.3) is 0 Å². The lowest BCUT2D eigenvalue weighted by Gasteiger charge is -2.40. The summed E-state index contributed by atoms with van der Waals surface area (Å²) in [6.45, 7) is 9.22. The third-order valence-corrected chi connectivity index (χ3v) is 6.69. The molecule has 1 fully saturated rings. The van der Waals surface area contributed by atoms with Crippen LogP contribution in [0.15, 0.2) is 29.2 Å². The molecule has 0 amide bonds. The van der Waals surface area contributed by atoms with E-state index in [1.54, 1.807) is 24.3 Å². The van der Waals surface area contributed by atoms with Crippen molar-refractivity contribution in [2.75, 3.05) is 6.54 Å². The zero-order chi connectivity index (χ0) is 17.3. The topological polar surface area (TPSA) is 50.6 Å². The van der Waals surface area contributed by atoms with Gasteiger partial charge in [0.25, 0.3) is 0 Å². The highest BCUT2D eigenvalue weighted by Gasteiger charge is 2.36. The van der Waals surface area contributed by atoms with E-state index in [0.29, 0.717) is 17.1 Å². The van der Waals surface area contributed by atoms with Gasteiger partial charge in [0, 0.05) is 5.02 Å². The first-order chi connectivity index (χ1) is 10.6. The zero-order valence-corrected chi connectivity index (χ0v) is 16.0. The number of rotatable bonds is 5. The maximum Gasteiger partial charge on any atom is 0.241 e. The molecular weight excluding hydrogens is 332 g/mol. The lowest BCUT2D eigenvalue weighted by atomic mass is 9.94. The second-order valence-corrected chi connectivity index (χ2v) is 9.55. The highest BCUT2D eigenvalue weighted by Crippen LogP contribution is 2.16. The van der Waals surface area contributed by atoms with E-state index in [4.69, 9.17) is 11.6 Å². The maximum absolute atomic E-state index is 12.6. The number of hydrogen-bond acceptors (Lipinski definition) is 2. The first-order valence-corrected chi connectivity index (χ1v) is 10.1. The molecule has 1 aliphatic heterocycles. The molecule has 1 aromatic carbocycles. The summed E-state index contributed by atoms with van der Waals surface area (Å²) in [6, 6.07) is 7.42. The van der Waals surface area contributed by atoms with Crippen molar-refractivity contribution in [3.05, 3.63) is 29.3 Å². The van der Waals surface area contributed by atoms with Crippen LogP contribution >= 0.6 is 11.6 Å². The van der Waals surface area contributed by atoms with Crippen LogP contribution in [0.2, 0.25) is 5.02 Å². The zero-order valence-electron chi connectivity index (χ0n) is 14.4. The fraction of sp³-hybridized carbons (Fsp3) is 0.647. The quantitative estimate of drug-likeness (QED) is 0.847. The average molecular weight is 360 g/mol. The summed E-state index contributed by atoms with van der Waals surface area (Å²) in [5.74, 6) is 0. The number of piperidine rings is 1. The summed E-state index contributed by atoms with van der Waals surface area (Å²) in [6.07, 6.45) is 3.68. The van der Waals surface area contributed by atoms with Crippen molar-refractivity contribution < 1.29 is 13.3 Å². The van der Waals surface area contributed by atoms with E-state index >= 15 is 0 Å². The van der Waals surface area contributed by atoms with Gasteiger partial charge in [-0.25, -0.2) is 8.42 Å². The lowest BCUT2D eigenvalue weighted by Crippen LogP contribution is -3.21. The molecule has 0 spiro atoms. The van der Waals surface area contributed by atoms with Crippen LogP contribution < -0.4 is 9.62 Å². The number of nitrogens with one attached hydrogen (secondary N) is 2. The van der Waals surface area contributed by atoms with Gasteiger partial charge in [-0.05, 0) is 71.2 Å². The molecule has 1 saturated heterocycles. The molecule has 2 N–H and O–H groups in total. The van der Waals surface area contributed by atoms with Gasteiger partial charge in [-0.1, -0.05) is 11.6 Å². The average Bonchev–Trinajstić information content (AvgIpc) is 2.42. The molecule has 0 unspecified atom stereocenters. The molecule has 1 aromatic rings. The SMILES string of the molecule is C[C@H]1CCC[C@H](C)[NH+]1CC(C)(C)NS(=O)(=O)c1ccc(Cl)cc1. The minimum Gasteiger partial charge on any atom is -0.329 e. The Morgan fingerprint density at radius 1 is 1.17 bits per heavy atom. The molecule has 6 heteroatoms. The Hall–Kier alpha value is -0.620. The number of halogens is 1. The summed E-state index contributed by atoms with van der Waals surface area (Å²) in [5.41, 5.74) is -0.506. The third-order valence-electron chi connectivity index (χ3n) is 4.72. The Kier molecular flexibility index (Phi) is 5.77. The smallest absolute Gasteiger partial charge is 0.241 e. The van der Waals surface area contributed by atoms with Gasteiger partial charge >= 0.3 is 0 Å². The number of likely N-dealkylation sites (tertiary alicyclic amines) is 1. The first kappa shape index (κ1) is 18.7. The Balaban J connectivity index is 2.11. The highest BCUT2D eigenvalue weighted by atomic mass is 35.5. The first-order valence-electron chi connectivity index (χ1n) is 8.26. The molecule has 2 atom stereocenters. The second-order valence-electron chi connectivity index (χ2n) is 7.43. The normalized spacial score (nSPS) is 23.9. The van der Waals surface area contributed by atoms with E-state index in [0.717, 1.165) is 6.54 Å². The lowest BCUT2D eigenvalue weighted by molar-refractivity contribution is -0.954. The van der Waals surface area contributed by atoms with Gasteiger partial charge in [-0.15, -0.1) is 0 Å². The monoisotopic (exact) mass is 359 g/mol. The van der Waals surface area contributed by atoms with Crippen molar-refractivity contribution in [2.45, 2.75) is 69.5 Å². The van der Waals surface area contributed by atoms with Gasteiger partial charge in [-0.2, -0.15) is 4.72 Å². The summed E-state index contributed by atoms with van der Waals surface area (Å²) >= 11 is 5.84. The molecule has 1 aliphatic rings. The minimum absolute atomic E-state index is 0.254. The molecule has 23 heavy (non-hydrogen) atoms. The number of hydrogen-bond donors (Lipinski definition) is 2. The third kappa shape index (κ3) is 4.92. The van der Waals surface area contributed by atoms with Crippen LogP contribution in [-0.4, -0.2) is 32.6 Å². The van der Waals surface area contributed by atoms with Gasteiger partial charge < -0.3 is 4.90 Å². The fourth-order valence-electron chi connectivity index (χ4n) is 3.52. The minimum atomic E-state index is -3.54. The number of sulfonamides is 1. The van der Waals surface area contributed by atoms with E-state index in [1.165, 1.54) is 24.2 Å². The molecule has 0 radical (unpaired) electrons. The van der Waals surface area contributed by atoms with Crippen LogP contribution in [0.1, 0.15) is 47.0 Å². The predicted octanol–water partition coefficient (Wildman–Crippen LogP) is 2.24. The van der Waals surface area contributed by atoms with Gasteiger partial charge in [0.15, 0.2) is 0 Å². The fourth-order valence-corrected chi connectivity index (χ4v) is 5.06. The predicted molar refractivity (Wildman–Crippen MR) is 94.5 cm³/mol. The molecule has 0 aliphatic carbocycles. The molecule has 4 nitrogen and oxygen atoms in total.